The van der Waals surface area contributed by atoms with Crippen LogP contribution in [0.2, 0.25) is 0 Å². The van der Waals surface area contributed by atoms with Gasteiger partial charge < -0.3 is 0 Å². The van der Waals surface area contributed by atoms with Crippen LogP contribution in [0.1, 0.15) is 0 Å². The molecule has 0 atom stereocenters. The van der Waals surface area contributed by atoms with Gasteiger partial charge in [-0.2, -0.15) is 8.78 Å². The molecule has 0 fully saturated rings. The number of rotatable bonds is 3. The molecule has 78 valence electrons. The van der Waals surface area contributed by atoms with E-state index in [2.05, 4.69) is 0 Å². The van der Waals surface area contributed by atoms with Crippen LogP contribution in [-0.4, -0.2) is 14.2 Å². The number of benzene rings is 1. The van der Waals surface area contributed by atoms with Crippen LogP contribution in [0.4, 0.5) is 13.2 Å². The van der Waals surface area contributed by atoms with E-state index in [1.54, 1.807) is 0 Å². The summed E-state index contributed by atoms with van der Waals surface area (Å²) in [6.07, 6.45) is 0. The van der Waals surface area contributed by atoms with Gasteiger partial charge in [-0.15, -0.1) is 0 Å². The van der Waals surface area contributed by atoms with Gasteiger partial charge in [0.1, 0.15) is 5.82 Å². The smallest absolute Gasteiger partial charge is 0.212 e. The number of alkyl halides is 2. The van der Waals surface area contributed by atoms with Crippen LogP contribution in [-0.2, 0) is 8.87 Å². The molecule has 0 bridgehead atoms. The normalized spacial score (nSPS) is 12.0. The lowest BCUT2D eigenvalue weighted by Gasteiger charge is -2.01. The number of hydrogen-bond acceptors (Lipinski definition) is 3. The van der Waals surface area contributed by atoms with E-state index in [0.717, 1.165) is 18.2 Å². The molecular weight excluding hydrogens is 237 g/mol. The maximum Gasteiger partial charge on any atom is 0.298 e. The fourth-order valence-corrected chi connectivity index (χ4v) is 2.80. The summed E-state index contributed by atoms with van der Waals surface area (Å²) in [5.41, 5.74) is 0. The molecule has 0 unspecified atom stereocenters. The topological polar surface area (TPSA) is 34.1 Å². The second-order valence-corrected chi connectivity index (χ2v) is 6.09. The molecule has 0 aliphatic rings. The molecule has 1 rings (SSSR count). The molecule has 2 nitrogen and oxygen atoms in total. The summed E-state index contributed by atoms with van der Waals surface area (Å²) < 4.78 is 58.4. The Morgan fingerprint density at radius 3 is 2.43 bits per heavy atom. The lowest BCUT2D eigenvalue weighted by atomic mass is 10.4. The van der Waals surface area contributed by atoms with Gasteiger partial charge in [-0.1, -0.05) is 6.07 Å². The molecule has 0 N–H and O–H groups in total. The molecule has 0 aliphatic heterocycles. The van der Waals surface area contributed by atoms with Crippen molar-refractivity contribution in [3.8, 4) is 0 Å². The monoisotopic (exact) mass is 242 g/mol. The maximum absolute atomic E-state index is 12.6. The first-order valence-corrected chi connectivity index (χ1v) is 6.27. The average molecular weight is 242 g/mol. The van der Waals surface area contributed by atoms with Gasteiger partial charge in [0.15, 0.2) is 0 Å². The van der Waals surface area contributed by atoms with Gasteiger partial charge in [0.2, 0.25) is 8.87 Å². The standard InChI is InChI=1S/C7H5F3O2S2/c8-5-2-1-3-6(4-5)14(11,12)13-7(9)10/h1-4,7H. The largest absolute Gasteiger partial charge is 0.298 e. The SMILES string of the molecule is O=S(=O)(SC(F)F)c1cccc(F)c1. The van der Waals surface area contributed by atoms with Gasteiger partial charge in [-0.05, 0) is 18.2 Å². The van der Waals surface area contributed by atoms with Crippen molar-refractivity contribution in [3.63, 3.8) is 0 Å². The van der Waals surface area contributed by atoms with Crippen LogP contribution in [0.15, 0.2) is 29.2 Å². The van der Waals surface area contributed by atoms with E-state index in [-0.39, 0.29) is 0 Å². The second kappa shape index (κ2) is 4.22. The predicted molar refractivity (Wildman–Crippen MR) is 47.2 cm³/mol. The zero-order valence-electron chi connectivity index (χ0n) is 6.65. The van der Waals surface area contributed by atoms with E-state index in [0.29, 0.717) is 6.07 Å². The molecule has 1 aromatic carbocycles. The summed E-state index contributed by atoms with van der Waals surface area (Å²) >= 11 is 0. The van der Waals surface area contributed by atoms with Crippen molar-refractivity contribution in [1.29, 1.82) is 0 Å². The van der Waals surface area contributed by atoms with E-state index in [1.807, 2.05) is 0 Å². The van der Waals surface area contributed by atoms with E-state index in [9.17, 15) is 21.6 Å². The van der Waals surface area contributed by atoms with Crippen molar-refractivity contribution in [2.75, 3.05) is 0 Å². The third-order valence-electron chi connectivity index (χ3n) is 1.28. The Kier molecular flexibility index (Phi) is 3.43. The summed E-state index contributed by atoms with van der Waals surface area (Å²) in [6, 6.07) is 3.94. The Morgan fingerprint density at radius 2 is 1.93 bits per heavy atom. The summed E-state index contributed by atoms with van der Waals surface area (Å²) in [7, 11) is -4.66. The van der Waals surface area contributed by atoms with Gasteiger partial charge in [0.05, 0.1) is 4.90 Å². The zero-order chi connectivity index (χ0) is 10.8. The van der Waals surface area contributed by atoms with Gasteiger partial charge >= 0.3 is 0 Å². The minimum Gasteiger partial charge on any atom is -0.212 e. The first-order valence-electron chi connectivity index (χ1n) is 3.39. The third kappa shape index (κ3) is 2.91. The highest BCUT2D eigenvalue weighted by molar-refractivity contribution is 8.72. The number of halogens is 3. The minimum atomic E-state index is -4.16. The molecule has 1 aromatic rings. The fourth-order valence-electron chi connectivity index (χ4n) is 0.774. The lowest BCUT2D eigenvalue weighted by molar-refractivity contribution is 0.254. The summed E-state index contributed by atoms with van der Waals surface area (Å²) in [5, 5.41) is 0. The molecule has 0 spiro atoms. The molecule has 0 amide bonds. The van der Waals surface area contributed by atoms with Gasteiger partial charge in [-0.25, -0.2) is 12.8 Å². The van der Waals surface area contributed by atoms with E-state index in [4.69, 9.17) is 0 Å². The van der Waals surface area contributed by atoms with Crippen LogP contribution in [0, 0.1) is 5.82 Å². The molecule has 0 saturated carbocycles. The Labute approximate surface area is 82.4 Å². The molecular formula is C7H5F3O2S2. The molecule has 0 aromatic heterocycles. The van der Waals surface area contributed by atoms with Crippen molar-refractivity contribution in [1.82, 2.24) is 0 Å². The quantitative estimate of drug-likeness (QED) is 0.763. The Hall–Kier alpha value is -0.690. The second-order valence-electron chi connectivity index (χ2n) is 2.27. The van der Waals surface area contributed by atoms with Gasteiger partial charge in [-0.3, -0.25) is 0 Å². The fraction of sp³-hybridized carbons (Fsp3) is 0.143. The molecule has 0 radical (unpaired) electrons. The van der Waals surface area contributed by atoms with Crippen molar-refractivity contribution >= 4 is 19.7 Å². The van der Waals surface area contributed by atoms with Crippen molar-refractivity contribution in [2.45, 2.75) is 10.7 Å². The molecule has 7 heteroatoms. The van der Waals surface area contributed by atoms with Crippen LogP contribution in [0.5, 0.6) is 0 Å². The Balaban J connectivity index is 3.05. The van der Waals surface area contributed by atoms with Crippen molar-refractivity contribution < 1.29 is 21.6 Å². The van der Waals surface area contributed by atoms with Crippen LogP contribution >= 0.6 is 10.8 Å². The van der Waals surface area contributed by atoms with Crippen molar-refractivity contribution in [2.24, 2.45) is 0 Å². The highest BCUT2D eigenvalue weighted by Crippen LogP contribution is 2.28. The molecule has 14 heavy (non-hydrogen) atoms. The van der Waals surface area contributed by atoms with Crippen LogP contribution in [0.3, 0.4) is 0 Å². The lowest BCUT2D eigenvalue weighted by Crippen LogP contribution is -1.99. The van der Waals surface area contributed by atoms with E-state index < -0.39 is 36.1 Å². The summed E-state index contributed by atoms with van der Waals surface area (Å²) in [4.78, 5) is -0.456. The Morgan fingerprint density at radius 1 is 1.29 bits per heavy atom. The summed E-state index contributed by atoms with van der Waals surface area (Å²) in [5.74, 6) is -3.82. The zero-order valence-corrected chi connectivity index (χ0v) is 8.29. The number of hydrogen-bond donors (Lipinski definition) is 0. The van der Waals surface area contributed by atoms with E-state index >= 15 is 0 Å². The first kappa shape index (κ1) is 11.4. The maximum atomic E-state index is 12.6. The highest BCUT2D eigenvalue weighted by atomic mass is 33.1. The third-order valence-corrected chi connectivity index (χ3v) is 4.29. The molecule has 0 heterocycles. The van der Waals surface area contributed by atoms with Gasteiger partial charge in [0, 0.05) is 10.8 Å². The molecule has 0 aliphatic carbocycles. The van der Waals surface area contributed by atoms with Crippen LogP contribution in [0.25, 0.3) is 0 Å². The minimum absolute atomic E-state index is 0.456. The molecule has 0 saturated heterocycles. The van der Waals surface area contributed by atoms with Crippen LogP contribution < -0.4 is 0 Å². The highest BCUT2D eigenvalue weighted by Gasteiger charge is 2.21. The first-order chi connectivity index (χ1) is 6.42. The van der Waals surface area contributed by atoms with Gasteiger partial charge in [0.25, 0.3) is 5.76 Å². The Bertz CT molecular complexity index is 417. The predicted octanol–water partition coefficient (Wildman–Crippen LogP) is 2.47. The van der Waals surface area contributed by atoms with E-state index in [1.165, 1.54) is 0 Å². The van der Waals surface area contributed by atoms with Crippen molar-refractivity contribution in [3.05, 3.63) is 30.1 Å². The summed E-state index contributed by atoms with van der Waals surface area (Å²) in [6.45, 7) is 0. The average Bonchev–Trinajstić information content (AvgIpc) is 2.01.